The summed E-state index contributed by atoms with van der Waals surface area (Å²) in [7, 11) is 0. The molecule has 0 aliphatic heterocycles. The molecule has 1 heterocycles. The SMILES string of the molecule is CCC(C)CN(CC)c1cccc(NN)n1. The van der Waals surface area contributed by atoms with Gasteiger partial charge in [-0.25, -0.2) is 10.8 Å². The molecular formula is C12H22N4. The summed E-state index contributed by atoms with van der Waals surface area (Å²) in [5, 5.41) is 0. The van der Waals surface area contributed by atoms with Crippen LogP contribution in [0.15, 0.2) is 18.2 Å². The van der Waals surface area contributed by atoms with Crippen LogP contribution in [0.2, 0.25) is 0 Å². The highest BCUT2D eigenvalue weighted by atomic mass is 15.3. The van der Waals surface area contributed by atoms with Crippen LogP contribution in [0, 0.1) is 5.92 Å². The van der Waals surface area contributed by atoms with Crippen LogP contribution in [0.1, 0.15) is 27.2 Å². The fraction of sp³-hybridized carbons (Fsp3) is 0.583. The Morgan fingerprint density at radius 3 is 2.75 bits per heavy atom. The number of rotatable bonds is 6. The highest BCUT2D eigenvalue weighted by Crippen LogP contribution is 2.16. The number of hydrazine groups is 1. The van der Waals surface area contributed by atoms with Crippen LogP contribution in [0.5, 0.6) is 0 Å². The lowest BCUT2D eigenvalue weighted by molar-refractivity contribution is 0.545. The molecular weight excluding hydrogens is 200 g/mol. The van der Waals surface area contributed by atoms with E-state index in [1.807, 2.05) is 18.2 Å². The van der Waals surface area contributed by atoms with Gasteiger partial charge in [0.25, 0.3) is 0 Å². The molecule has 1 aromatic rings. The number of aromatic nitrogens is 1. The maximum Gasteiger partial charge on any atom is 0.142 e. The van der Waals surface area contributed by atoms with Crippen molar-refractivity contribution in [2.75, 3.05) is 23.4 Å². The summed E-state index contributed by atoms with van der Waals surface area (Å²) in [6.45, 7) is 8.61. The summed E-state index contributed by atoms with van der Waals surface area (Å²) in [5.74, 6) is 7.73. The van der Waals surface area contributed by atoms with Crippen molar-refractivity contribution < 1.29 is 0 Å². The fourth-order valence-electron chi connectivity index (χ4n) is 1.57. The second-order valence-electron chi connectivity index (χ2n) is 4.08. The first-order valence-corrected chi connectivity index (χ1v) is 5.89. The Morgan fingerprint density at radius 2 is 2.19 bits per heavy atom. The topological polar surface area (TPSA) is 54.2 Å². The van der Waals surface area contributed by atoms with Crippen molar-refractivity contribution in [1.29, 1.82) is 0 Å². The van der Waals surface area contributed by atoms with E-state index < -0.39 is 0 Å². The molecule has 1 aromatic heterocycles. The minimum atomic E-state index is 0.677. The number of nitrogens with zero attached hydrogens (tertiary/aromatic N) is 2. The second-order valence-corrected chi connectivity index (χ2v) is 4.08. The number of nitrogens with one attached hydrogen (secondary N) is 1. The van der Waals surface area contributed by atoms with E-state index in [2.05, 4.69) is 36.1 Å². The molecule has 16 heavy (non-hydrogen) atoms. The quantitative estimate of drug-likeness (QED) is 0.572. The van der Waals surface area contributed by atoms with Crippen LogP contribution in [-0.4, -0.2) is 18.1 Å². The summed E-state index contributed by atoms with van der Waals surface area (Å²) in [5.41, 5.74) is 2.58. The van der Waals surface area contributed by atoms with E-state index in [4.69, 9.17) is 5.84 Å². The predicted molar refractivity (Wildman–Crippen MR) is 69.4 cm³/mol. The molecule has 0 radical (unpaired) electrons. The average molecular weight is 222 g/mol. The lowest BCUT2D eigenvalue weighted by Crippen LogP contribution is -2.29. The van der Waals surface area contributed by atoms with Crippen LogP contribution >= 0.6 is 0 Å². The van der Waals surface area contributed by atoms with Gasteiger partial charge in [0.1, 0.15) is 11.6 Å². The first kappa shape index (κ1) is 12.8. The number of nitrogen functional groups attached to an aromatic ring is 1. The number of hydrogen-bond acceptors (Lipinski definition) is 4. The van der Waals surface area contributed by atoms with Gasteiger partial charge in [-0.3, -0.25) is 0 Å². The third-order valence-electron chi connectivity index (χ3n) is 2.82. The van der Waals surface area contributed by atoms with E-state index in [-0.39, 0.29) is 0 Å². The summed E-state index contributed by atoms with van der Waals surface area (Å²) in [6.07, 6.45) is 1.19. The molecule has 0 spiro atoms. The highest BCUT2D eigenvalue weighted by Gasteiger charge is 2.09. The monoisotopic (exact) mass is 222 g/mol. The van der Waals surface area contributed by atoms with Gasteiger partial charge in [-0.1, -0.05) is 26.3 Å². The number of pyridine rings is 1. The van der Waals surface area contributed by atoms with E-state index in [1.54, 1.807) is 0 Å². The third kappa shape index (κ3) is 3.38. The molecule has 4 heteroatoms. The zero-order valence-electron chi connectivity index (χ0n) is 10.4. The predicted octanol–water partition coefficient (Wildman–Crippen LogP) is 2.24. The van der Waals surface area contributed by atoms with Gasteiger partial charge in [0, 0.05) is 13.1 Å². The Hall–Kier alpha value is -1.29. The molecule has 90 valence electrons. The third-order valence-corrected chi connectivity index (χ3v) is 2.82. The van der Waals surface area contributed by atoms with E-state index in [1.165, 1.54) is 6.42 Å². The average Bonchev–Trinajstić information content (AvgIpc) is 2.35. The van der Waals surface area contributed by atoms with Crippen molar-refractivity contribution >= 4 is 11.6 Å². The van der Waals surface area contributed by atoms with Gasteiger partial charge < -0.3 is 10.3 Å². The van der Waals surface area contributed by atoms with Crippen molar-refractivity contribution in [1.82, 2.24) is 4.98 Å². The van der Waals surface area contributed by atoms with Crippen molar-refractivity contribution in [2.45, 2.75) is 27.2 Å². The Kier molecular flexibility index (Phi) is 5.05. The molecule has 3 N–H and O–H groups in total. The normalized spacial score (nSPS) is 12.2. The van der Waals surface area contributed by atoms with Gasteiger partial charge in [-0.05, 0) is 25.0 Å². The van der Waals surface area contributed by atoms with Gasteiger partial charge in [-0.15, -0.1) is 0 Å². The minimum absolute atomic E-state index is 0.677. The Morgan fingerprint density at radius 1 is 1.44 bits per heavy atom. The van der Waals surface area contributed by atoms with Crippen molar-refractivity contribution in [2.24, 2.45) is 11.8 Å². The minimum Gasteiger partial charge on any atom is -0.357 e. The molecule has 1 atom stereocenters. The van der Waals surface area contributed by atoms with Crippen molar-refractivity contribution in [3.05, 3.63) is 18.2 Å². The maximum atomic E-state index is 5.36. The first-order chi connectivity index (χ1) is 7.71. The van der Waals surface area contributed by atoms with Crippen molar-refractivity contribution in [3.8, 4) is 0 Å². The highest BCUT2D eigenvalue weighted by molar-refractivity contribution is 5.46. The molecule has 0 amide bonds. The van der Waals surface area contributed by atoms with Crippen LogP contribution < -0.4 is 16.2 Å². The lowest BCUT2D eigenvalue weighted by Gasteiger charge is -2.25. The zero-order valence-corrected chi connectivity index (χ0v) is 10.4. The Bertz CT molecular complexity index is 314. The van der Waals surface area contributed by atoms with Gasteiger partial charge >= 0.3 is 0 Å². The molecule has 0 saturated heterocycles. The summed E-state index contributed by atoms with van der Waals surface area (Å²) in [4.78, 5) is 6.71. The van der Waals surface area contributed by atoms with E-state index in [9.17, 15) is 0 Å². The molecule has 4 nitrogen and oxygen atoms in total. The number of hydrogen-bond donors (Lipinski definition) is 2. The van der Waals surface area contributed by atoms with E-state index in [0.717, 1.165) is 18.9 Å². The van der Waals surface area contributed by atoms with Crippen LogP contribution in [-0.2, 0) is 0 Å². The smallest absolute Gasteiger partial charge is 0.142 e. The van der Waals surface area contributed by atoms with E-state index in [0.29, 0.717) is 11.7 Å². The second kappa shape index (κ2) is 6.33. The lowest BCUT2D eigenvalue weighted by atomic mass is 10.1. The summed E-state index contributed by atoms with van der Waals surface area (Å²) in [6, 6.07) is 5.85. The maximum absolute atomic E-state index is 5.36. The Balaban J connectivity index is 2.77. The zero-order chi connectivity index (χ0) is 12.0. The van der Waals surface area contributed by atoms with Gasteiger partial charge in [0.05, 0.1) is 0 Å². The summed E-state index contributed by atoms with van der Waals surface area (Å²) >= 11 is 0. The van der Waals surface area contributed by atoms with Crippen LogP contribution in [0.4, 0.5) is 11.6 Å². The van der Waals surface area contributed by atoms with E-state index >= 15 is 0 Å². The molecule has 0 fully saturated rings. The number of anilines is 2. The molecule has 0 aliphatic carbocycles. The molecule has 0 bridgehead atoms. The summed E-state index contributed by atoms with van der Waals surface area (Å²) < 4.78 is 0. The number of nitrogens with two attached hydrogens (primary N) is 1. The molecule has 0 saturated carbocycles. The first-order valence-electron chi connectivity index (χ1n) is 5.89. The standard InChI is InChI=1S/C12H22N4/c1-4-10(3)9-16(5-2)12-8-6-7-11(14-12)15-13/h6-8,10H,4-5,9,13H2,1-3H3,(H,14,15). The molecule has 1 rings (SSSR count). The molecule has 0 aromatic carbocycles. The van der Waals surface area contributed by atoms with Crippen molar-refractivity contribution in [3.63, 3.8) is 0 Å². The van der Waals surface area contributed by atoms with Gasteiger partial charge in [0.2, 0.25) is 0 Å². The van der Waals surface area contributed by atoms with Crippen LogP contribution in [0.3, 0.4) is 0 Å². The van der Waals surface area contributed by atoms with Crippen LogP contribution in [0.25, 0.3) is 0 Å². The van der Waals surface area contributed by atoms with Gasteiger partial charge in [0.15, 0.2) is 0 Å². The molecule has 0 aliphatic rings. The fourth-order valence-corrected chi connectivity index (χ4v) is 1.57. The Labute approximate surface area is 97.8 Å². The van der Waals surface area contributed by atoms with Gasteiger partial charge in [-0.2, -0.15) is 0 Å². The molecule has 1 unspecified atom stereocenters. The largest absolute Gasteiger partial charge is 0.357 e.